The zero-order valence-corrected chi connectivity index (χ0v) is 10.6. The van der Waals surface area contributed by atoms with E-state index < -0.39 is 38.1 Å². The van der Waals surface area contributed by atoms with Crippen molar-refractivity contribution in [2.24, 2.45) is 0 Å². The first-order valence-electron chi connectivity index (χ1n) is 5.19. The van der Waals surface area contributed by atoms with Crippen molar-refractivity contribution in [2.45, 2.75) is 4.90 Å². The van der Waals surface area contributed by atoms with Crippen LogP contribution in [0.5, 0.6) is 0 Å². The number of hydrogen-bond donors (Lipinski definition) is 2. The molecule has 2 aromatic rings. The molecule has 1 aromatic heterocycles. The molecule has 0 aliphatic carbocycles. The Bertz CT molecular complexity index is 766. The molecule has 3 N–H and O–H groups in total. The monoisotopic (exact) mass is 303 g/mol. The fraction of sp³-hybridized carbons (Fsp3) is 0. The molecular formula is C11H8F3N3O2S. The van der Waals surface area contributed by atoms with Crippen molar-refractivity contribution in [3.8, 4) is 0 Å². The Morgan fingerprint density at radius 3 is 2.40 bits per heavy atom. The van der Waals surface area contributed by atoms with Gasteiger partial charge in [0, 0.05) is 18.3 Å². The summed E-state index contributed by atoms with van der Waals surface area (Å²) >= 11 is 0. The van der Waals surface area contributed by atoms with Crippen molar-refractivity contribution < 1.29 is 21.6 Å². The summed E-state index contributed by atoms with van der Waals surface area (Å²) in [6, 6.07) is 3.09. The van der Waals surface area contributed by atoms with Gasteiger partial charge in [0.05, 0.1) is 5.69 Å². The third-order valence-electron chi connectivity index (χ3n) is 2.34. The molecule has 9 heteroatoms. The lowest BCUT2D eigenvalue weighted by Crippen LogP contribution is -2.16. The highest BCUT2D eigenvalue weighted by Crippen LogP contribution is 2.23. The number of nitrogens with zero attached hydrogens (tertiary/aromatic N) is 1. The number of nitrogen functional groups attached to an aromatic ring is 1. The number of anilines is 2. The van der Waals surface area contributed by atoms with Gasteiger partial charge >= 0.3 is 0 Å². The molecule has 0 unspecified atom stereocenters. The van der Waals surface area contributed by atoms with Crippen molar-refractivity contribution in [1.29, 1.82) is 0 Å². The van der Waals surface area contributed by atoms with Gasteiger partial charge in [0.15, 0.2) is 11.6 Å². The maximum Gasteiger partial charge on any atom is 0.265 e. The molecule has 0 saturated heterocycles. The van der Waals surface area contributed by atoms with Gasteiger partial charge in [-0.05, 0) is 12.1 Å². The molecule has 0 aliphatic rings. The average Bonchev–Trinajstić information content (AvgIpc) is 2.36. The Labute approximate surface area is 112 Å². The molecular weight excluding hydrogens is 295 g/mol. The number of benzene rings is 1. The summed E-state index contributed by atoms with van der Waals surface area (Å²) in [7, 11) is -4.26. The molecule has 0 saturated carbocycles. The van der Waals surface area contributed by atoms with E-state index in [2.05, 4.69) is 4.98 Å². The van der Waals surface area contributed by atoms with E-state index in [-0.39, 0.29) is 11.9 Å². The quantitative estimate of drug-likeness (QED) is 0.848. The summed E-state index contributed by atoms with van der Waals surface area (Å²) in [4.78, 5) is 3.17. The zero-order chi connectivity index (χ0) is 14.9. The van der Waals surface area contributed by atoms with Gasteiger partial charge in [-0.2, -0.15) is 0 Å². The van der Waals surface area contributed by atoms with E-state index in [4.69, 9.17) is 5.73 Å². The summed E-state index contributed by atoms with van der Waals surface area (Å²) in [5, 5.41) is 0. The van der Waals surface area contributed by atoms with Gasteiger partial charge < -0.3 is 5.73 Å². The highest BCUT2D eigenvalue weighted by Gasteiger charge is 2.21. The zero-order valence-electron chi connectivity index (χ0n) is 9.77. The molecule has 0 spiro atoms. The van der Waals surface area contributed by atoms with Crippen LogP contribution in [-0.4, -0.2) is 13.4 Å². The van der Waals surface area contributed by atoms with Gasteiger partial charge in [-0.1, -0.05) is 0 Å². The van der Waals surface area contributed by atoms with Crippen molar-refractivity contribution in [2.75, 3.05) is 10.5 Å². The number of aromatic nitrogens is 1. The van der Waals surface area contributed by atoms with Gasteiger partial charge in [-0.15, -0.1) is 0 Å². The molecule has 0 atom stereocenters. The number of sulfonamides is 1. The average molecular weight is 303 g/mol. The van der Waals surface area contributed by atoms with Crippen molar-refractivity contribution >= 4 is 21.5 Å². The lowest BCUT2D eigenvalue weighted by molar-refractivity contribution is 0.496. The second-order valence-electron chi connectivity index (χ2n) is 3.74. The third kappa shape index (κ3) is 2.67. The van der Waals surface area contributed by atoms with E-state index in [1.54, 1.807) is 4.72 Å². The van der Waals surface area contributed by atoms with Crippen LogP contribution >= 0.6 is 0 Å². The standard InChI is InChI=1S/C11H8F3N3O2S/c12-6-4-8(14)9(5-7(6)13)17-20(18,19)10-2-1-3-16-11(10)15/h1-5,17H,(H2,15,16). The first kappa shape index (κ1) is 14.1. The van der Waals surface area contributed by atoms with Crippen molar-refractivity contribution in [3.63, 3.8) is 0 Å². The number of nitrogens with two attached hydrogens (primary N) is 1. The van der Waals surface area contributed by atoms with Crippen LogP contribution in [0, 0.1) is 17.5 Å². The van der Waals surface area contributed by atoms with E-state index >= 15 is 0 Å². The minimum absolute atomic E-state index is 0.236. The highest BCUT2D eigenvalue weighted by atomic mass is 32.2. The van der Waals surface area contributed by atoms with Crippen molar-refractivity contribution in [1.82, 2.24) is 4.98 Å². The first-order valence-corrected chi connectivity index (χ1v) is 6.67. The largest absolute Gasteiger partial charge is 0.383 e. The maximum absolute atomic E-state index is 13.4. The second-order valence-corrected chi connectivity index (χ2v) is 5.39. The Morgan fingerprint density at radius 2 is 1.75 bits per heavy atom. The Morgan fingerprint density at radius 1 is 1.10 bits per heavy atom. The van der Waals surface area contributed by atoms with Crippen LogP contribution in [0.2, 0.25) is 0 Å². The van der Waals surface area contributed by atoms with E-state index in [9.17, 15) is 21.6 Å². The molecule has 1 aromatic carbocycles. The lowest BCUT2D eigenvalue weighted by atomic mass is 10.3. The topological polar surface area (TPSA) is 85.1 Å². The van der Waals surface area contributed by atoms with E-state index in [1.807, 2.05) is 0 Å². The van der Waals surface area contributed by atoms with Crippen LogP contribution in [0.15, 0.2) is 35.4 Å². The fourth-order valence-electron chi connectivity index (χ4n) is 1.43. The number of halogens is 3. The number of nitrogens with one attached hydrogen (secondary N) is 1. The van der Waals surface area contributed by atoms with E-state index in [0.29, 0.717) is 6.07 Å². The van der Waals surface area contributed by atoms with Crippen LogP contribution in [0.4, 0.5) is 24.7 Å². The van der Waals surface area contributed by atoms with Crippen LogP contribution in [0.3, 0.4) is 0 Å². The molecule has 0 fully saturated rings. The van der Waals surface area contributed by atoms with Crippen molar-refractivity contribution in [3.05, 3.63) is 47.9 Å². The molecule has 0 bridgehead atoms. The maximum atomic E-state index is 13.4. The molecule has 20 heavy (non-hydrogen) atoms. The van der Waals surface area contributed by atoms with Gasteiger partial charge in [-0.3, -0.25) is 4.72 Å². The van der Waals surface area contributed by atoms with Gasteiger partial charge in [0.25, 0.3) is 10.0 Å². The van der Waals surface area contributed by atoms with Crippen LogP contribution < -0.4 is 10.5 Å². The number of rotatable bonds is 3. The second kappa shape index (κ2) is 5.00. The Balaban J connectivity index is 2.44. The molecule has 1 heterocycles. The minimum atomic E-state index is -4.26. The molecule has 5 nitrogen and oxygen atoms in total. The molecule has 2 rings (SSSR count). The Hall–Kier alpha value is -2.29. The Kier molecular flexibility index (Phi) is 3.53. The van der Waals surface area contributed by atoms with Gasteiger partial charge in [0.1, 0.15) is 16.5 Å². The molecule has 106 valence electrons. The lowest BCUT2D eigenvalue weighted by Gasteiger charge is -2.10. The van der Waals surface area contributed by atoms with Crippen LogP contribution in [-0.2, 0) is 10.0 Å². The summed E-state index contributed by atoms with van der Waals surface area (Å²) in [6.45, 7) is 0. The van der Waals surface area contributed by atoms with Gasteiger partial charge in [-0.25, -0.2) is 26.6 Å². The summed E-state index contributed by atoms with van der Waals surface area (Å²) < 4.78 is 64.9. The third-order valence-corrected chi connectivity index (χ3v) is 3.76. The summed E-state index contributed by atoms with van der Waals surface area (Å²) in [5.74, 6) is -4.37. The predicted octanol–water partition coefficient (Wildman–Crippen LogP) is 1.88. The SMILES string of the molecule is Nc1ncccc1S(=O)(=O)Nc1cc(F)c(F)cc1F. The summed E-state index contributed by atoms with van der Waals surface area (Å²) in [5.41, 5.74) is 4.66. The minimum Gasteiger partial charge on any atom is -0.383 e. The van der Waals surface area contributed by atoms with Crippen LogP contribution in [0.1, 0.15) is 0 Å². The number of pyridine rings is 1. The molecule has 0 radical (unpaired) electrons. The van der Waals surface area contributed by atoms with E-state index in [1.165, 1.54) is 12.3 Å². The highest BCUT2D eigenvalue weighted by molar-refractivity contribution is 7.92. The fourth-order valence-corrected chi connectivity index (χ4v) is 2.57. The normalized spacial score (nSPS) is 11.3. The van der Waals surface area contributed by atoms with E-state index in [0.717, 1.165) is 6.07 Å². The first-order chi connectivity index (χ1) is 9.31. The smallest absolute Gasteiger partial charge is 0.265 e. The van der Waals surface area contributed by atoms with Crippen LogP contribution in [0.25, 0.3) is 0 Å². The molecule has 0 amide bonds. The molecule has 0 aliphatic heterocycles. The number of hydrogen-bond acceptors (Lipinski definition) is 4. The predicted molar refractivity (Wildman–Crippen MR) is 65.8 cm³/mol. The summed E-state index contributed by atoms with van der Waals surface area (Å²) in [6.07, 6.45) is 1.27. The van der Waals surface area contributed by atoms with Gasteiger partial charge in [0.2, 0.25) is 0 Å².